The first kappa shape index (κ1) is 23.1. The highest BCUT2D eigenvalue weighted by Gasteiger charge is 2.48. The van der Waals surface area contributed by atoms with Gasteiger partial charge in [0, 0.05) is 18.7 Å². The number of carbonyl (C=O) groups is 1. The quantitative estimate of drug-likeness (QED) is 0.601. The summed E-state index contributed by atoms with van der Waals surface area (Å²) in [6, 6.07) is 8.19. The molecule has 1 saturated heterocycles. The van der Waals surface area contributed by atoms with Crippen molar-refractivity contribution in [2.45, 2.75) is 57.7 Å². The molecule has 35 heavy (non-hydrogen) atoms. The van der Waals surface area contributed by atoms with E-state index in [1.165, 1.54) is 9.70 Å². The highest BCUT2D eigenvalue weighted by molar-refractivity contribution is 5.96. The number of fused-ring (bicyclic) bond motifs is 3. The van der Waals surface area contributed by atoms with Crippen LogP contribution in [0.5, 0.6) is 5.75 Å². The first-order chi connectivity index (χ1) is 16.8. The standard InChI is InChI=1S/C25H29N7O3/c1-5-6-16-11-19(24(34)32-10-8-21(33)25(32,2)14-26)31-9-7-15-12-20(35-4)18(13-17(15)22(16)31)23-27-29-30(3)28-23/h11-13,21,33H,5-10H2,1-4H3/t21-,25+/m1/s1. The number of aryl methyl sites for hydroxylation is 3. The maximum atomic E-state index is 13.8. The van der Waals surface area contributed by atoms with E-state index < -0.39 is 11.6 Å². The van der Waals surface area contributed by atoms with Gasteiger partial charge in [-0.1, -0.05) is 13.3 Å². The molecule has 2 aromatic heterocycles. The molecule has 0 saturated carbocycles. The van der Waals surface area contributed by atoms with Gasteiger partial charge in [-0.2, -0.15) is 10.1 Å². The Morgan fingerprint density at radius 1 is 1.31 bits per heavy atom. The summed E-state index contributed by atoms with van der Waals surface area (Å²) in [7, 11) is 3.34. The van der Waals surface area contributed by atoms with E-state index in [1.807, 2.05) is 18.2 Å². The van der Waals surface area contributed by atoms with Crippen LogP contribution in [0.3, 0.4) is 0 Å². The fourth-order valence-corrected chi connectivity index (χ4v) is 5.34. The number of likely N-dealkylation sites (tertiary alicyclic amines) is 1. The summed E-state index contributed by atoms with van der Waals surface area (Å²) in [6.07, 6.45) is 1.99. The Balaban J connectivity index is 1.66. The number of ether oxygens (including phenoxy) is 1. The lowest BCUT2D eigenvalue weighted by Gasteiger charge is -2.31. The second-order valence-electron chi connectivity index (χ2n) is 9.39. The Hall–Kier alpha value is -3.71. The fraction of sp³-hybridized carbons (Fsp3) is 0.480. The second-order valence-corrected chi connectivity index (χ2v) is 9.39. The van der Waals surface area contributed by atoms with E-state index in [-0.39, 0.29) is 5.91 Å². The van der Waals surface area contributed by atoms with Crippen molar-refractivity contribution in [3.8, 4) is 34.5 Å². The number of amides is 1. The van der Waals surface area contributed by atoms with E-state index in [9.17, 15) is 15.2 Å². The Bertz CT molecular complexity index is 1350. The largest absolute Gasteiger partial charge is 0.496 e. The van der Waals surface area contributed by atoms with Gasteiger partial charge in [0.05, 0.1) is 37.6 Å². The van der Waals surface area contributed by atoms with E-state index >= 15 is 0 Å². The summed E-state index contributed by atoms with van der Waals surface area (Å²) in [6.45, 7) is 4.74. The van der Waals surface area contributed by atoms with Crippen molar-refractivity contribution < 1.29 is 14.6 Å². The van der Waals surface area contributed by atoms with Gasteiger partial charge in [-0.05, 0) is 60.7 Å². The van der Waals surface area contributed by atoms with E-state index in [4.69, 9.17) is 4.74 Å². The van der Waals surface area contributed by atoms with E-state index in [0.717, 1.165) is 47.2 Å². The molecule has 2 aliphatic heterocycles. The number of nitrogens with zero attached hydrogens (tertiary/aromatic N) is 7. The maximum Gasteiger partial charge on any atom is 0.271 e. The third-order valence-electron chi connectivity index (χ3n) is 7.26. The molecule has 0 aliphatic carbocycles. The number of carbonyl (C=O) groups excluding carboxylic acids is 1. The lowest BCUT2D eigenvalue weighted by molar-refractivity contribution is 0.0508. The van der Waals surface area contributed by atoms with Crippen LogP contribution >= 0.6 is 0 Å². The number of nitriles is 1. The van der Waals surface area contributed by atoms with Crippen molar-refractivity contribution in [2.75, 3.05) is 13.7 Å². The van der Waals surface area contributed by atoms with Gasteiger partial charge < -0.3 is 19.3 Å². The topological polar surface area (TPSA) is 122 Å². The Labute approximate surface area is 203 Å². The van der Waals surface area contributed by atoms with E-state index in [0.29, 0.717) is 36.8 Å². The molecule has 10 nitrogen and oxygen atoms in total. The zero-order valence-electron chi connectivity index (χ0n) is 20.4. The van der Waals surface area contributed by atoms with Crippen molar-refractivity contribution in [3.63, 3.8) is 0 Å². The molecule has 5 rings (SSSR count). The summed E-state index contributed by atoms with van der Waals surface area (Å²) in [5, 5.41) is 32.7. The predicted octanol–water partition coefficient (Wildman–Crippen LogP) is 2.35. The van der Waals surface area contributed by atoms with Gasteiger partial charge >= 0.3 is 0 Å². The second kappa shape index (κ2) is 8.50. The van der Waals surface area contributed by atoms with Gasteiger partial charge in [-0.15, -0.1) is 10.2 Å². The lowest BCUT2D eigenvalue weighted by Crippen LogP contribution is -2.49. The van der Waals surface area contributed by atoms with Crippen molar-refractivity contribution >= 4 is 5.91 Å². The molecule has 0 unspecified atom stereocenters. The molecule has 3 aromatic rings. The molecule has 0 radical (unpaired) electrons. The molecule has 2 aliphatic rings. The number of hydrogen-bond acceptors (Lipinski definition) is 7. The maximum absolute atomic E-state index is 13.8. The summed E-state index contributed by atoms with van der Waals surface area (Å²) in [5.41, 5.74) is 4.29. The number of tetrazole rings is 1. The highest BCUT2D eigenvalue weighted by atomic mass is 16.5. The third-order valence-corrected chi connectivity index (χ3v) is 7.26. The van der Waals surface area contributed by atoms with Gasteiger partial charge in [0.25, 0.3) is 5.91 Å². The molecule has 2 atom stereocenters. The number of aliphatic hydroxyl groups is 1. The molecular formula is C25H29N7O3. The van der Waals surface area contributed by atoms with Crippen LogP contribution in [0, 0.1) is 11.3 Å². The summed E-state index contributed by atoms with van der Waals surface area (Å²) in [5.74, 6) is 0.933. The van der Waals surface area contributed by atoms with Crippen molar-refractivity contribution in [1.29, 1.82) is 5.26 Å². The van der Waals surface area contributed by atoms with Crippen LogP contribution in [0.25, 0.3) is 22.6 Å². The monoisotopic (exact) mass is 475 g/mol. The zero-order chi connectivity index (χ0) is 24.9. The average molecular weight is 476 g/mol. The first-order valence-electron chi connectivity index (χ1n) is 11.9. The first-order valence-corrected chi connectivity index (χ1v) is 11.9. The van der Waals surface area contributed by atoms with Gasteiger partial charge in [-0.25, -0.2) is 0 Å². The number of aliphatic hydroxyl groups excluding tert-OH is 1. The molecule has 10 heteroatoms. The van der Waals surface area contributed by atoms with Crippen LogP contribution in [0.4, 0.5) is 0 Å². The normalized spacial score (nSPS) is 20.9. The van der Waals surface area contributed by atoms with Crippen molar-refractivity contribution in [1.82, 2.24) is 29.7 Å². The molecular weight excluding hydrogens is 446 g/mol. The number of aromatic nitrogens is 5. The predicted molar refractivity (Wildman–Crippen MR) is 128 cm³/mol. The van der Waals surface area contributed by atoms with Gasteiger partial charge in [0.15, 0.2) is 5.54 Å². The van der Waals surface area contributed by atoms with Crippen LogP contribution in [0.2, 0.25) is 0 Å². The van der Waals surface area contributed by atoms with Crippen LogP contribution in [-0.4, -0.2) is 66.0 Å². The molecule has 0 spiro atoms. The number of methoxy groups -OCH3 is 1. The molecule has 1 amide bonds. The van der Waals surface area contributed by atoms with E-state index in [2.05, 4.69) is 33.0 Å². The molecule has 4 heterocycles. The Morgan fingerprint density at radius 2 is 2.11 bits per heavy atom. The summed E-state index contributed by atoms with van der Waals surface area (Å²) >= 11 is 0. The minimum absolute atomic E-state index is 0.220. The van der Waals surface area contributed by atoms with Crippen LogP contribution in [-0.2, 0) is 26.4 Å². The number of benzene rings is 1. The molecule has 1 fully saturated rings. The Morgan fingerprint density at radius 3 is 2.77 bits per heavy atom. The summed E-state index contributed by atoms with van der Waals surface area (Å²) < 4.78 is 7.73. The highest BCUT2D eigenvalue weighted by Crippen LogP contribution is 2.42. The minimum Gasteiger partial charge on any atom is -0.496 e. The minimum atomic E-state index is -1.24. The number of hydrogen-bond donors (Lipinski definition) is 1. The molecule has 1 aromatic carbocycles. The third kappa shape index (κ3) is 3.49. The number of rotatable bonds is 5. The van der Waals surface area contributed by atoms with Gasteiger partial charge in [0.2, 0.25) is 5.82 Å². The van der Waals surface area contributed by atoms with Crippen LogP contribution < -0.4 is 4.74 Å². The fourth-order valence-electron chi connectivity index (χ4n) is 5.34. The average Bonchev–Trinajstić information content (AvgIpc) is 3.54. The van der Waals surface area contributed by atoms with Crippen molar-refractivity contribution in [2.24, 2.45) is 7.05 Å². The van der Waals surface area contributed by atoms with Crippen molar-refractivity contribution in [3.05, 3.63) is 35.0 Å². The lowest BCUT2D eigenvalue weighted by atomic mass is 9.92. The SMILES string of the molecule is CCCc1cc(C(=O)N2CC[C@@H](O)[C@]2(C)C#N)n2c1-c1cc(-c3nnn(C)n3)c(OC)cc1CC2. The van der Waals surface area contributed by atoms with Gasteiger partial charge in [0.1, 0.15) is 11.4 Å². The van der Waals surface area contributed by atoms with Gasteiger partial charge in [-0.3, -0.25) is 4.79 Å². The molecule has 182 valence electrons. The van der Waals surface area contributed by atoms with E-state index in [1.54, 1.807) is 21.1 Å². The van der Waals surface area contributed by atoms with Crippen LogP contribution in [0.1, 0.15) is 48.3 Å². The zero-order valence-corrected chi connectivity index (χ0v) is 20.4. The molecule has 1 N–H and O–H groups in total. The smallest absolute Gasteiger partial charge is 0.271 e. The Kier molecular flexibility index (Phi) is 5.60. The van der Waals surface area contributed by atoms with Crippen LogP contribution in [0.15, 0.2) is 18.2 Å². The molecule has 0 bridgehead atoms. The summed E-state index contributed by atoms with van der Waals surface area (Å²) in [4.78, 5) is 16.7.